The molecule has 1 aromatic rings. The van der Waals surface area contributed by atoms with E-state index in [9.17, 15) is 0 Å². The van der Waals surface area contributed by atoms with Crippen molar-refractivity contribution in [1.29, 1.82) is 0 Å². The molecule has 1 aromatic heterocycles. The van der Waals surface area contributed by atoms with Gasteiger partial charge in [-0.25, -0.2) is 0 Å². The van der Waals surface area contributed by atoms with Crippen LogP contribution in [0.4, 0.5) is 0 Å². The first-order valence-electron chi connectivity index (χ1n) is 3.42. The lowest BCUT2D eigenvalue weighted by molar-refractivity contribution is 0.650. The molecule has 1 unspecified atom stereocenters. The number of nitrogens with zero attached hydrogens (tertiary/aromatic N) is 2. The summed E-state index contributed by atoms with van der Waals surface area (Å²) in [6.07, 6.45) is 2.69. The Kier molecular flexibility index (Phi) is 2.06. The Labute approximate surface area is 60.8 Å². The van der Waals surface area contributed by atoms with Gasteiger partial charge < -0.3 is 5.73 Å². The summed E-state index contributed by atoms with van der Waals surface area (Å²) in [5.74, 6) is 0. The van der Waals surface area contributed by atoms with Crippen molar-refractivity contribution in [2.24, 2.45) is 12.8 Å². The summed E-state index contributed by atoms with van der Waals surface area (Å²) >= 11 is 0. The molecule has 10 heavy (non-hydrogen) atoms. The highest BCUT2D eigenvalue weighted by molar-refractivity contribution is 5.01. The zero-order valence-corrected chi connectivity index (χ0v) is 6.41. The lowest BCUT2D eigenvalue weighted by Crippen LogP contribution is -2.19. The lowest BCUT2D eigenvalue weighted by atomic mass is 10.2. The third-order valence-electron chi connectivity index (χ3n) is 1.45. The molecule has 3 heteroatoms. The zero-order chi connectivity index (χ0) is 7.56. The van der Waals surface area contributed by atoms with Crippen molar-refractivity contribution in [3.8, 4) is 0 Å². The van der Waals surface area contributed by atoms with E-state index in [0.29, 0.717) is 0 Å². The maximum Gasteiger partial charge on any atom is 0.0492 e. The fourth-order valence-electron chi connectivity index (χ4n) is 0.931. The average Bonchev–Trinajstić information content (AvgIpc) is 2.15. The number of aromatic nitrogens is 2. The van der Waals surface area contributed by atoms with Gasteiger partial charge in [-0.3, -0.25) is 4.68 Å². The van der Waals surface area contributed by atoms with E-state index >= 15 is 0 Å². The largest absolute Gasteiger partial charge is 0.328 e. The van der Waals surface area contributed by atoms with E-state index in [2.05, 4.69) is 5.10 Å². The van der Waals surface area contributed by atoms with Crippen LogP contribution in [0, 0.1) is 0 Å². The van der Waals surface area contributed by atoms with Gasteiger partial charge in [0.2, 0.25) is 0 Å². The molecule has 2 N–H and O–H groups in total. The molecule has 0 saturated heterocycles. The van der Waals surface area contributed by atoms with Crippen molar-refractivity contribution in [2.45, 2.75) is 19.4 Å². The Hall–Kier alpha value is -0.830. The minimum Gasteiger partial charge on any atom is -0.328 e. The smallest absolute Gasteiger partial charge is 0.0492 e. The van der Waals surface area contributed by atoms with E-state index < -0.39 is 0 Å². The number of nitrogens with two attached hydrogens (primary N) is 1. The molecule has 0 radical (unpaired) electrons. The summed E-state index contributed by atoms with van der Waals surface area (Å²) in [6.45, 7) is 1.99. The molecular formula is C7H13N3. The summed E-state index contributed by atoms with van der Waals surface area (Å²) in [5.41, 5.74) is 6.80. The molecule has 1 rings (SSSR count). The lowest BCUT2D eigenvalue weighted by Gasteiger charge is -2.03. The molecule has 56 valence electrons. The van der Waals surface area contributed by atoms with Crippen LogP contribution < -0.4 is 5.73 Å². The van der Waals surface area contributed by atoms with Crippen LogP contribution in [0.15, 0.2) is 12.3 Å². The molecule has 1 atom stereocenters. The van der Waals surface area contributed by atoms with E-state index in [1.165, 1.54) is 5.69 Å². The maximum absolute atomic E-state index is 5.61. The minimum absolute atomic E-state index is 0.218. The molecule has 0 aliphatic heterocycles. The maximum atomic E-state index is 5.61. The molecule has 0 fully saturated rings. The van der Waals surface area contributed by atoms with Gasteiger partial charge in [0.1, 0.15) is 0 Å². The van der Waals surface area contributed by atoms with Crippen LogP contribution in [-0.2, 0) is 13.5 Å². The molecule has 0 bridgehead atoms. The average molecular weight is 139 g/mol. The Bertz CT molecular complexity index is 202. The van der Waals surface area contributed by atoms with Crippen molar-refractivity contribution >= 4 is 0 Å². The summed E-state index contributed by atoms with van der Waals surface area (Å²) in [5, 5.41) is 4.03. The second kappa shape index (κ2) is 2.84. The summed E-state index contributed by atoms with van der Waals surface area (Å²) in [6, 6.07) is 2.21. The Balaban J connectivity index is 2.65. The van der Waals surface area contributed by atoms with Crippen LogP contribution in [0.2, 0.25) is 0 Å². The van der Waals surface area contributed by atoms with E-state index in [1.54, 1.807) is 6.20 Å². The summed E-state index contributed by atoms with van der Waals surface area (Å²) < 4.78 is 1.85. The predicted octanol–water partition coefficient (Wildman–Crippen LogP) is 0.310. The highest BCUT2D eigenvalue weighted by Crippen LogP contribution is 1.98. The van der Waals surface area contributed by atoms with Crippen LogP contribution in [0.5, 0.6) is 0 Å². The van der Waals surface area contributed by atoms with E-state index in [0.717, 1.165) is 6.42 Å². The second-order valence-corrected chi connectivity index (χ2v) is 2.63. The fourth-order valence-corrected chi connectivity index (χ4v) is 0.931. The van der Waals surface area contributed by atoms with Gasteiger partial charge in [0.25, 0.3) is 0 Å². The highest BCUT2D eigenvalue weighted by Gasteiger charge is 2.00. The minimum atomic E-state index is 0.218. The first-order valence-corrected chi connectivity index (χ1v) is 3.42. The topological polar surface area (TPSA) is 43.8 Å². The molecule has 0 saturated carbocycles. The van der Waals surface area contributed by atoms with Crippen LogP contribution in [0.1, 0.15) is 12.6 Å². The van der Waals surface area contributed by atoms with Crippen molar-refractivity contribution in [3.63, 3.8) is 0 Å². The van der Waals surface area contributed by atoms with Gasteiger partial charge in [-0.2, -0.15) is 5.10 Å². The van der Waals surface area contributed by atoms with Gasteiger partial charge in [-0.05, 0) is 13.0 Å². The summed E-state index contributed by atoms with van der Waals surface area (Å²) in [7, 11) is 1.93. The SMILES string of the molecule is CC(N)Cc1ccnn1C. The van der Waals surface area contributed by atoms with E-state index in [-0.39, 0.29) is 6.04 Å². The predicted molar refractivity (Wildman–Crippen MR) is 40.6 cm³/mol. The summed E-state index contributed by atoms with van der Waals surface area (Å²) in [4.78, 5) is 0. The standard InChI is InChI=1S/C7H13N3/c1-6(8)5-7-3-4-9-10(7)2/h3-4,6H,5,8H2,1-2H3. The number of rotatable bonds is 2. The molecule has 0 spiro atoms. The Morgan fingerprint density at radius 3 is 2.90 bits per heavy atom. The van der Waals surface area contributed by atoms with Crippen molar-refractivity contribution in [2.75, 3.05) is 0 Å². The molecule has 1 heterocycles. The van der Waals surface area contributed by atoms with Gasteiger partial charge in [0, 0.05) is 31.4 Å². The quantitative estimate of drug-likeness (QED) is 0.640. The van der Waals surface area contributed by atoms with Crippen LogP contribution >= 0.6 is 0 Å². The Morgan fingerprint density at radius 1 is 1.80 bits per heavy atom. The molecule has 0 aliphatic carbocycles. The highest BCUT2D eigenvalue weighted by atomic mass is 15.3. The molecule has 3 nitrogen and oxygen atoms in total. The second-order valence-electron chi connectivity index (χ2n) is 2.63. The molecule has 0 aromatic carbocycles. The molecular weight excluding hydrogens is 126 g/mol. The van der Waals surface area contributed by atoms with Crippen LogP contribution in [0.3, 0.4) is 0 Å². The van der Waals surface area contributed by atoms with E-state index in [4.69, 9.17) is 5.73 Å². The molecule has 0 aliphatic rings. The van der Waals surface area contributed by atoms with Crippen LogP contribution in [0.25, 0.3) is 0 Å². The number of aryl methyl sites for hydroxylation is 1. The van der Waals surface area contributed by atoms with Gasteiger partial charge in [0.15, 0.2) is 0 Å². The number of hydrogen-bond acceptors (Lipinski definition) is 2. The van der Waals surface area contributed by atoms with Gasteiger partial charge >= 0.3 is 0 Å². The van der Waals surface area contributed by atoms with Crippen molar-refractivity contribution in [3.05, 3.63) is 18.0 Å². The van der Waals surface area contributed by atoms with Crippen molar-refractivity contribution < 1.29 is 0 Å². The first kappa shape index (κ1) is 7.28. The number of hydrogen-bond donors (Lipinski definition) is 1. The monoisotopic (exact) mass is 139 g/mol. The third-order valence-corrected chi connectivity index (χ3v) is 1.45. The van der Waals surface area contributed by atoms with Gasteiger partial charge in [0.05, 0.1) is 0 Å². The van der Waals surface area contributed by atoms with Crippen LogP contribution in [-0.4, -0.2) is 15.8 Å². The first-order chi connectivity index (χ1) is 4.70. The zero-order valence-electron chi connectivity index (χ0n) is 6.41. The molecule has 0 amide bonds. The normalized spacial score (nSPS) is 13.5. The fraction of sp³-hybridized carbons (Fsp3) is 0.571. The van der Waals surface area contributed by atoms with Crippen molar-refractivity contribution in [1.82, 2.24) is 9.78 Å². The van der Waals surface area contributed by atoms with E-state index in [1.807, 2.05) is 24.7 Å². The van der Waals surface area contributed by atoms with Gasteiger partial charge in [-0.15, -0.1) is 0 Å². The third kappa shape index (κ3) is 1.57. The van der Waals surface area contributed by atoms with Gasteiger partial charge in [-0.1, -0.05) is 0 Å². The Morgan fingerprint density at radius 2 is 2.50 bits per heavy atom.